The highest BCUT2D eigenvalue weighted by Gasteiger charge is 2.57. The third kappa shape index (κ3) is 4.03. The molecule has 0 aromatic carbocycles. The highest BCUT2D eigenvalue weighted by Crippen LogP contribution is 2.40. The van der Waals surface area contributed by atoms with Gasteiger partial charge in [0.15, 0.2) is 14.6 Å². The Kier molecular flexibility index (Phi) is 6.22. The number of methoxy groups -OCH3 is 2. The van der Waals surface area contributed by atoms with Crippen LogP contribution in [0.5, 0.6) is 0 Å². The summed E-state index contributed by atoms with van der Waals surface area (Å²) in [5.41, 5.74) is 0. The molecular weight excluding hydrogens is 316 g/mol. The van der Waals surface area contributed by atoms with Crippen molar-refractivity contribution in [1.82, 2.24) is 0 Å². The standard InChI is InChI=1S/C16H32O6Si/c1-14(2,3)23(8,9)20-11-13-12(10-17)21-15(4,18-6)16(5,19-7)22-13/h10,12-13H,11H2,1-9H3/t12-,13-,15+,16+/m0/s1. The maximum atomic E-state index is 11.4. The molecule has 0 aromatic rings. The van der Waals surface area contributed by atoms with Gasteiger partial charge in [0, 0.05) is 14.2 Å². The van der Waals surface area contributed by atoms with Crippen LogP contribution < -0.4 is 0 Å². The Hall–Kier alpha value is -0.313. The number of carbonyl (C=O) groups is 1. The zero-order valence-corrected chi connectivity index (χ0v) is 16.9. The first-order valence-electron chi connectivity index (χ1n) is 7.91. The predicted octanol–water partition coefficient (Wildman–Crippen LogP) is 2.72. The third-order valence-electron chi connectivity index (χ3n) is 5.26. The van der Waals surface area contributed by atoms with Gasteiger partial charge in [-0.1, -0.05) is 20.8 Å². The number of ether oxygens (including phenoxy) is 4. The molecule has 1 aliphatic heterocycles. The van der Waals surface area contributed by atoms with Crippen LogP contribution in [0, 0.1) is 0 Å². The largest absolute Gasteiger partial charge is 0.414 e. The second-order valence-electron chi connectivity index (χ2n) is 7.75. The van der Waals surface area contributed by atoms with Gasteiger partial charge in [0.05, 0.1) is 6.61 Å². The van der Waals surface area contributed by atoms with E-state index in [9.17, 15) is 4.79 Å². The molecule has 1 rings (SSSR count). The minimum atomic E-state index is -1.96. The first kappa shape index (κ1) is 20.7. The summed E-state index contributed by atoms with van der Waals surface area (Å²) in [4.78, 5) is 11.4. The average Bonchev–Trinajstić information content (AvgIpc) is 2.46. The van der Waals surface area contributed by atoms with Crippen LogP contribution in [0.2, 0.25) is 18.1 Å². The van der Waals surface area contributed by atoms with Crippen LogP contribution in [0.1, 0.15) is 34.6 Å². The maximum absolute atomic E-state index is 11.4. The van der Waals surface area contributed by atoms with E-state index in [1.165, 1.54) is 14.2 Å². The van der Waals surface area contributed by atoms with E-state index < -0.39 is 32.1 Å². The highest BCUT2D eigenvalue weighted by molar-refractivity contribution is 6.74. The lowest BCUT2D eigenvalue weighted by Gasteiger charge is -2.51. The van der Waals surface area contributed by atoms with E-state index in [1.807, 2.05) is 0 Å². The van der Waals surface area contributed by atoms with Gasteiger partial charge in [-0.15, -0.1) is 0 Å². The molecule has 23 heavy (non-hydrogen) atoms. The second-order valence-corrected chi connectivity index (χ2v) is 12.6. The summed E-state index contributed by atoms with van der Waals surface area (Å²) < 4.78 is 28.9. The highest BCUT2D eigenvalue weighted by atomic mass is 28.4. The average molecular weight is 349 g/mol. The van der Waals surface area contributed by atoms with E-state index >= 15 is 0 Å². The lowest BCUT2D eigenvalue weighted by Crippen LogP contribution is -2.66. The number of hydrogen-bond donors (Lipinski definition) is 0. The predicted molar refractivity (Wildman–Crippen MR) is 89.8 cm³/mol. The van der Waals surface area contributed by atoms with E-state index in [-0.39, 0.29) is 11.6 Å². The molecule has 0 radical (unpaired) electrons. The van der Waals surface area contributed by atoms with Crippen molar-refractivity contribution < 1.29 is 28.2 Å². The summed E-state index contributed by atoms with van der Waals surface area (Å²) in [6, 6.07) is 0. The molecule has 0 bridgehead atoms. The summed E-state index contributed by atoms with van der Waals surface area (Å²) in [6.07, 6.45) is -0.589. The quantitative estimate of drug-likeness (QED) is 0.543. The molecule has 7 heteroatoms. The van der Waals surface area contributed by atoms with E-state index in [2.05, 4.69) is 33.9 Å². The van der Waals surface area contributed by atoms with Crippen LogP contribution >= 0.6 is 0 Å². The fourth-order valence-corrected chi connectivity index (χ4v) is 3.14. The zero-order valence-electron chi connectivity index (χ0n) is 15.9. The Morgan fingerprint density at radius 2 is 1.57 bits per heavy atom. The SMILES string of the molecule is CO[C@]1(C)O[C@@H](C=O)[C@H](CO[Si](C)(C)C(C)(C)C)O[C@@]1(C)OC. The van der Waals surface area contributed by atoms with Gasteiger partial charge in [0.2, 0.25) is 11.6 Å². The molecule has 136 valence electrons. The summed E-state index contributed by atoms with van der Waals surface area (Å²) in [6.45, 7) is 14.5. The fourth-order valence-electron chi connectivity index (χ4n) is 2.12. The van der Waals surface area contributed by atoms with Crippen LogP contribution in [0.3, 0.4) is 0 Å². The smallest absolute Gasteiger partial charge is 0.220 e. The van der Waals surface area contributed by atoms with Gasteiger partial charge in [-0.2, -0.15) is 0 Å². The molecule has 0 spiro atoms. The lowest BCUT2D eigenvalue weighted by molar-refractivity contribution is -0.442. The van der Waals surface area contributed by atoms with Crippen LogP contribution in [-0.2, 0) is 28.2 Å². The van der Waals surface area contributed by atoms with E-state index in [1.54, 1.807) is 13.8 Å². The van der Waals surface area contributed by atoms with Gasteiger partial charge < -0.3 is 28.2 Å². The van der Waals surface area contributed by atoms with Crippen LogP contribution in [-0.4, -0.2) is 59.2 Å². The monoisotopic (exact) mass is 348 g/mol. The second kappa shape index (κ2) is 6.90. The topological polar surface area (TPSA) is 63.2 Å². The summed E-state index contributed by atoms with van der Waals surface area (Å²) in [5, 5.41) is 0.0742. The molecule has 1 aliphatic rings. The van der Waals surface area contributed by atoms with Crippen molar-refractivity contribution >= 4 is 14.6 Å². The molecule has 6 nitrogen and oxygen atoms in total. The molecule has 1 fully saturated rings. The molecule has 0 unspecified atom stereocenters. The fraction of sp³-hybridized carbons (Fsp3) is 0.938. The number of aldehydes is 1. The van der Waals surface area contributed by atoms with Crippen LogP contribution in [0.4, 0.5) is 0 Å². The first-order chi connectivity index (χ1) is 10.4. The molecule has 1 saturated heterocycles. The van der Waals surface area contributed by atoms with Gasteiger partial charge in [-0.25, -0.2) is 0 Å². The Balaban J connectivity index is 2.93. The van der Waals surface area contributed by atoms with Crippen molar-refractivity contribution in [3.63, 3.8) is 0 Å². The van der Waals surface area contributed by atoms with E-state index in [0.717, 1.165) is 6.29 Å². The number of carbonyl (C=O) groups excluding carboxylic acids is 1. The Morgan fingerprint density at radius 3 is 1.96 bits per heavy atom. The molecule has 0 aromatic heterocycles. The Bertz CT molecular complexity index is 421. The van der Waals surface area contributed by atoms with Crippen molar-refractivity contribution in [1.29, 1.82) is 0 Å². The van der Waals surface area contributed by atoms with Crippen molar-refractivity contribution in [2.24, 2.45) is 0 Å². The molecule has 4 atom stereocenters. The van der Waals surface area contributed by atoms with Crippen molar-refractivity contribution in [2.75, 3.05) is 20.8 Å². The van der Waals surface area contributed by atoms with Crippen LogP contribution in [0.25, 0.3) is 0 Å². The van der Waals surface area contributed by atoms with Crippen molar-refractivity contribution in [3.05, 3.63) is 0 Å². The molecule has 1 heterocycles. The van der Waals surface area contributed by atoms with Crippen molar-refractivity contribution in [3.8, 4) is 0 Å². The van der Waals surface area contributed by atoms with E-state index in [0.29, 0.717) is 0 Å². The Labute approximate surface area is 140 Å². The molecule has 0 saturated carbocycles. The van der Waals surface area contributed by atoms with Crippen LogP contribution in [0.15, 0.2) is 0 Å². The zero-order chi connectivity index (χ0) is 18.1. The van der Waals surface area contributed by atoms with Gasteiger partial charge >= 0.3 is 0 Å². The normalized spacial score (nSPS) is 36.0. The minimum absolute atomic E-state index is 0.0742. The maximum Gasteiger partial charge on any atom is 0.220 e. The number of rotatable bonds is 6. The van der Waals surface area contributed by atoms with Crippen molar-refractivity contribution in [2.45, 2.75) is 76.5 Å². The molecular formula is C16H32O6Si. The number of hydrogen-bond acceptors (Lipinski definition) is 6. The van der Waals surface area contributed by atoms with E-state index in [4.69, 9.17) is 23.4 Å². The first-order valence-corrected chi connectivity index (χ1v) is 10.8. The van der Waals surface area contributed by atoms with Gasteiger partial charge in [0.1, 0.15) is 12.2 Å². The van der Waals surface area contributed by atoms with Gasteiger partial charge in [-0.3, -0.25) is 0 Å². The molecule has 0 aliphatic carbocycles. The van der Waals surface area contributed by atoms with Gasteiger partial charge in [0.25, 0.3) is 0 Å². The lowest BCUT2D eigenvalue weighted by atomic mass is 10.0. The third-order valence-corrected chi connectivity index (χ3v) is 9.76. The minimum Gasteiger partial charge on any atom is -0.414 e. The summed E-state index contributed by atoms with van der Waals surface area (Å²) in [5.74, 6) is -2.32. The summed E-state index contributed by atoms with van der Waals surface area (Å²) >= 11 is 0. The summed E-state index contributed by atoms with van der Waals surface area (Å²) in [7, 11) is 1.06. The molecule has 0 N–H and O–H groups in total. The molecule has 0 amide bonds. The Morgan fingerprint density at radius 1 is 1.09 bits per heavy atom. The van der Waals surface area contributed by atoms with Gasteiger partial charge in [-0.05, 0) is 32.0 Å².